The molecule has 6 rings (SSSR count). The molecule has 4 aromatic carbocycles. The molecule has 0 amide bonds. The molecule has 0 saturated heterocycles. The van der Waals surface area contributed by atoms with Crippen molar-refractivity contribution in [2.45, 2.75) is 0 Å². The third-order valence-electron chi connectivity index (χ3n) is 5.79. The molecule has 0 aliphatic heterocycles. The van der Waals surface area contributed by atoms with Crippen molar-refractivity contribution in [2.75, 3.05) is 0 Å². The number of hydrogen-bond acceptors (Lipinski definition) is 1. The van der Waals surface area contributed by atoms with Gasteiger partial charge in [0, 0.05) is 71.3 Å². The van der Waals surface area contributed by atoms with Gasteiger partial charge in [0.05, 0.1) is 0 Å². The van der Waals surface area contributed by atoms with Crippen molar-refractivity contribution in [3.63, 3.8) is 0 Å². The van der Waals surface area contributed by atoms with E-state index in [0.29, 0.717) is 0 Å². The number of nitrogens with zero attached hydrogens (tertiary/aromatic N) is 1. The zero-order valence-electron chi connectivity index (χ0n) is 16.6. The van der Waals surface area contributed by atoms with Gasteiger partial charge in [0.15, 0.2) is 0 Å². The first-order valence-corrected chi connectivity index (χ1v) is 10.6. The molecule has 30 heavy (non-hydrogen) atoms. The van der Waals surface area contributed by atoms with E-state index in [1.165, 1.54) is 53.5 Å². The summed E-state index contributed by atoms with van der Waals surface area (Å²) in [5, 5.41) is 5.27. The van der Waals surface area contributed by atoms with E-state index in [9.17, 15) is 0 Å². The second-order valence-corrected chi connectivity index (χ2v) is 8.51. The summed E-state index contributed by atoms with van der Waals surface area (Å²) < 4.78 is 2.31. The van der Waals surface area contributed by atoms with E-state index >= 15 is 0 Å². The molecule has 0 N–H and O–H groups in total. The second-order valence-electron chi connectivity index (χ2n) is 7.42. The van der Waals surface area contributed by atoms with E-state index in [1.54, 1.807) is 0 Å². The maximum Gasteiger partial charge on any atom is 0.0495 e. The van der Waals surface area contributed by atoms with E-state index in [2.05, 4.69) is 96.5 Å². The number of hydrogen-bond donors (Lipinski definition) is 0. The summed E-state index contributed by atoms with van der Waals surface area (Å²) in [4.78, 5) is 2.59. The predicted molar refractivity (Wildman–Crippen MR) is 126 cm³/mol. The quantitative estimate of drug-likeness (QED) is 0.226. The number of thiophene rings is 1. The van der Waals surface area contributed by atoms with Crippen LogP contribution in [0.15, 0.2) is 91.0 Å². The zero-order chi connectivity index (χ0) is 19.4. The molecule has 0 saturated carbocycles. The maximum atomic E-state index is 3.10. The van der Waals surface area contributed by atoms with Crippen LogP contribution in [0, 0.1) is 6.07 Å². The van der Waals surface area contributed by atoms with Crippen molar-refractivity contribution >= 4 is 43.9 Å². The van der Waals surface area contributed by atoms with Gasteiger partial charge in [-0.1, -0.05) is 36.4 Å². The number of benzene rings is 4. The zero-order valence-corrected chi connectivity index (χ0v) is 20.2. The van der Waals surface area contributed by atoms with Gasteiger partial charge in [0.25, 0.3) is 0 Å². The van der Waals surface area contributed by atoms with Crippen molar-refractivity contribution in [1.82, 2.24) is 4.57 Å². The Balaban J connectivity index is 0.00000193. The summed E-state index contributed by atoms with van der Waals surface area (Å²) in [6.45, 7) is 0. The fraction of sp³-hybridized carbons (Fsp3) is 0.0370. The van der Waals surface area contributed by atoms with Gasteiger partial charge in [-0.3, -0.25) is 0 Å². The molecule has 141 valence electrons. The first kappa shape index (κ1) is 19.7. The predicted octanol–water partition coefficient (Wildman–Crippen LogP) is 7.68. The Morgan fingerprint density at radius 2 is 1.43 bits per heavy atom. The Kier molecular flexibility index (Phi) is 5.10. The molecule has 2 aromatic heterocycles. The van der Waals surface area contributed by atoms with Crippen molar-refractivity contribution in [3.05, 3.63) is 97.1 Å². The van der Waals surface area contributed by atoms with Gasteiger partial charge < -0.3 is 4.57 Å². The molecule has 2 heterocycles. The van der Waals surface area contributed by atoms with Gasteiger partial charge in [-0.25, -0.2) is 0 Å². The van der Waals surface area contributed by atoms with Crippen LogP contribution in [0.5, 0.6) is 0 Å². The van der Waals surface area contributed by atoms with Crippen molar-refractivity contribution in [2.24, 2.45) is 7.05 Å². The molecule has 6 aromatic rings. The van der Waals surface area contributed by atoms with Crippen molar-refractivity contribution in [1.29, 1.82) is 0 Å². The fourth-order valence-corrected chi connectivity index (χ4v) is 5.34. The SMILES string of the molecule is Cn1c2ccc(-c3ccc(-c4cc[c-]cc4)s3)cc2c2c3ccccc3ccc21.[Y]. The smallest absolute Gasteiger partial charge is 0.0495 e. The topological polar surface area (TPSA) is 4.93 Å². The molecule has 0 aliphatic carbocycles. The number of rotatable bonds is 2. The molecule has 3 heteroatoms. The summed E-state index contributed by atoms with van der Waals surface area (Å²) in [5.74, 6) is 0. The van der Waals surface area contributed by atoms with E-state index in [-0.39, 0.29) is 32.7 Å². The molecule has 0 aliphatic rings. The van der Waals surface area contributed by atoms with E-state index in [1.807, 2.05) is 23.5 Å². The van der Waals surface area contributed by atoms with E-state index in [4.69, 9.17) is 0 Å². The van der Waals surface area contributed by atoms with Crippen LogP contribution in [0.3, 0.4) is 0 Å². The molecular formula is C27H18NSY-. The minimum atomic E-state index is 0. The van der Waals surface area contributed by atoms with E-state index < -0.39 is 0 Å². The van der Waals surface area contributed by atoms with Gasteiger partial charge >= 0.3 is 0 Å². The summed E-state index contributed by atoms with van der Waals surface area (Å²) in [5.41, 5.74) is 5.08. The van der Waals surface area contributed by atoms with Gasteiger partial charge in [-0.05, 0) is 46.7 Å². The first-order chi connectivity index (χ1) is 14.3. The Hall–Kier alpha value is -2.26. The average Bonchev–Trinajstić information content (AvgIpc) is 3.38. The standard InChI is InChI=1S/C27H18NS.Y/c1-28-23-13-12-20(26-16-15-25(29-26)19-8-3-2-4-9-19)17-22(23)27-21-10-6-5-7-18(21)11-14-24(27)28;/h3-17H,1H3;/q-1;. The van der Waals surface area contributed by atoms with Crippen LogP contribution in [-0.4, -0.2) is 4.57 Å². The Bertz CT molecular complexity index is 1510. The monoisotopic (exact) mass is 477 g/mol. The summed E-state index contributed by atoms with van der Waals surface area (Å²) in [6.07, 6.45) is 0. The van der Waals surface area contributed by atoms with Gasteiger partial charge in [-0.15, -0.1) is 16.9 Å². The van der Waals surface area contributed by atoms with Gasteiger partial charge in [0.1, 0.15) is 0 Å². The molecule has 1 nitrogen and oxygen atoms in total. The minimum Gasteiger partial charge on any atom is -0.344 e. The number of aryl methyl sites for hydroxylation is 1. The second kappa shape index (κ2) is 7.78. The van der Waals surface area contributed by atoms with Crippen LogP contribution >= 0.6 is 11.3 Å². The van der Waals surface area contributed by atoms with Crippen LogP contribution in [0.4, 0.5) is 0 Å². The Labute approximate surface area is 204 Å². The van der Waals surface area contributed by atoms with Crippen LogP contribution in [0.2, 0.25) is 0 Å². The number of fused-ring (bicyclic) bond motifs is 5. The molecule has 0 spiro atoms. The largest absolute Gasteiger partial charge is 0.344 e. The molecule has 0 fully saturated rings. The van der Waals surface area contributed by atoms with Crippen molar-refractivity contribution in [3.8, 4) is 20.9 Å². The number of aromatic nitrogens is 1. The maximum absolute atomic E-state index is 3.10. The molecule has 0 unspecified atom stereocenters. The molecule has 0 bridgehead atoms. The first-order valence-electron chi connectivity index (χ1n) is 9.76. The van der Waals surface area contributed by atoms with Gasteiger partial charge in [0.2, 0.25) is 0 Å². The summed E-state index contributed by atoms with van der Waals surface area (Å²) in [6, 6.07) is 35.8. The van der Waals surface area contributed by atoms with Gasteiger partial charge in [-0.2, -0.15) is 30.3 Å². The third-order valence-corrected chi connectivity index (χ3v) is 6.97. The Morgan fingerprint density at radius 3 is 2.27 bits per heavy atom. The van der Waals surface area contributed by atoms with Crippen LogP contribution in [0.1, 0.15) is 0 Å². The Morgan fingerprint density at radius 1 is 0.700 bits per heavy atom. The third kappa shape index (κ3) is 3.06. The summed E-state index contributed by atoms with van der Waals surface area (Å²) in [7, 11) is 2.16. The normalized spacial score (nSPS) is 11.2. The minimum absolute atomic E-state index is 0. The van der Waals surface area contributed by atoms with E-state index in [0.717, 1.165) is 0 Å². The van der Waals surface area contributed by atoms with Crippen LogP contribution < -0.4 is 0 Å². The molecule has 0 atom stereocenters. The average molecular weight is 477 g/mol. The van der Waals surface area contributed by atoms with Crippen molar-refractivity contribution < 1.29 is 32.7 Å². The van der Waals surface area contributed by atoms with Crippen LogP contribution in [0.25, 0.3) is 53.5 Å². The van der Waals surface area contributed by atoms with Crippen LogP contribution in [-0.2, 0) is 39.8 Å². The molecule has 1 radical (unpaired) electrons. The molecular weight excluding hydrogens is 459 g/mol. The fourth-order valence-electron chi connectivity index (χ4n) is 4.33. The summed E-state index contributed by atoms with van der Waals surface area (Å²) >= 11 is 1.84.